The smallest absolute Gasteiger partial charge is 0.399 e. The number of halogens is 3. The van der Waals surface area contributed by atoms with E-state index in [-0.39, 0.29) is 6.42 Å². The molecule has 0 unspecified atom stereocenters. The first-order valence-electron chi connectivity index (χ1n) is 6.24. The monoisotopic (exact) mass is 281 g/mol. The van der Waals surface area contributed by atoms with Gasteiger partial charge in [-0.3, -0.25) is 0 Å². The molecule has 0 spiro atoms. The number of nitrogens with two attached hydrogens (primary N) is 1. The van der Waals surface area contributed by atoms with E-state index in [4.69, 9.17) is 5.73 Å². The zero-order valence-electron chi connectivity index (χ0n) is 11.4. The predicted molar refractivity (Wildman–Crippen MR) is 76.8 cm³/mol. The zero-order valence-corrected chi connectivity index (χ0v) is 11.4. The van der Waals surface area contributed by atoms with E-state index in [1.54, 1.807) is 25.2 Å². The minimum absolute atomic E-state index is 0.0971. The summed E-state index contributed by atoms with van der Waals surface area (Å²) >= 11 is 0. The molecule has 20 heavy (non-hydrogen) atoms. The van der Waals surface area contributed by atoms with Gasteiger partial charge in [-0.15, -0.1) is 0 Å². The highest BCUT2D eigenvalue weighted by Gasteiger charge is 2.32. The summed E-state index contributed by atoms with van der Waals surface area (Å²) in [7, 11) is 0. The van der Waals surface area contributed by atoms with Crippen LogP contribution in [-0.4, -0.2) is 6.18 Å². The summed E-state index contributed by atoms with van der Waals surface area (Å²) in [5, 5.41) is 0. The lowest BCUT2D eigenvalue weighted by molar-refractivity contribution is -0.0929. The average molecular weight is 281 g/mol. The van der Waals surface area contributed by atoms with Crippen molar-refractivity contribution >= 4 is 0 Å². The second kappa shape index (κ2) is 6.98. The molecule has 0 heterocycles. The highest BCUT2D eigenvalue weighted by Crippen LogP contribution is 2.32. The van der Waals surface area contributed by atoms with Crippen LogP contribution in [0.3, 0.4) is 0 Å². The van der Waals surface area contributed by atoms with Crippen LogP contribution in [0, 0.1) is 0 Å². The molecule has 0 atom stereocenters. The van der Waals surface area contributed by atoms with Crippen LogP contribution in [0.1, 0.15) is 19.8 Å². The Labute approximate surface area is 117 Å². The highest BCUT2D eigenvalue weighted by atomic mass is 19.4. The summed E-state index contributed by atoms with van der Waals surface area (Å²) in [6.07, 6.45) is 7.34. The Hall–Kier alpha value is -1.97. The molecule has 0 aromatic carbocycles. The lowest BCUT2D eigenvalue weighted by Crippen LogP contribution is -2.11. The Morgan fingerprint density at radius 1 is 1.40 bits per heavy atom. The highest BCUT2D eigenvalue weighted by molar-refractivity contribution is 5.45. The van der Waals surface area contributed by atoms with E-state index in [2.05, 4.69) is 6.58 Å². The first kappa shape index (κ1) is 16.1. The molecule has 0 fully saturated rings. The molecule has 0 aromatic rings. The van der Waals surface area contributed by atoms with E-state index in [9.17, 15) is 13.2 Å². The SMILES string of the molecule is C=C/C(N)=C/C/C=C(\C)C1=CC=CCC(C(F)(F)F)=C1. The molecule has 0 saturated carbocycles. The number of alkyl halides is 3. The van der Waals surface area contributed by atoms with Crippen molar-refractivity contribution in [3.8, 4) is 0 Å². The lowest BCUT2D eigenvalue weighted by Gasteiger charge is -2.10. The van der Waals surface area contributed by atoms with Gasteiger partial charge in [0.1, 0.15) is 0 Å². The fourth-order valence-corrected chi connectivity index (χ4v) is 1.68. The molecule has 0 bridgehead atoms. The topological polar surface area (TPSA) is 26.0 Å². The maximum atomic E-state index is 12.8. The third-order valence-corrected chi connectivity index (χ3v) is 2.91. The number of rotatable bonds is 4. The molecule has 2 N–H and O–H groups in total. The Balaban J connectivity index is 2.93. The van der Waals surface area contributed by atoms with Gasteiger partial charge < -0.3 is 5.73 Å². The van der Waals surface area contributed by atoms with Gasteiger partial charge in [-0.1, -0.05) is 37.0 Å². The van der Waals surface area contributed by atoms with E-state index in [0.29, 0.717) is 17.7 Å². The lowest BCUT2D eigenvalue weighted by atomic mass is 10.0. The maximum Gasteiger partial charge on any atom is 0.413 e. The van der Waals surface area contributed by atoms with Crippen LogP contribution in [0.2, 0.25) is 0 Å². The Morgan fingerprint density at radius 3 is 2.70 bits per heavy atom. The van der Waals surface area contributed by atoms with E-state index < -0.39 is 11.7 Å². The Bertz CT molecular complexity index is 514. The minimum Gasteiger partial charge on any atom is -0.399 e. The van der Waals surface area contributed by atoms with Crippen molar-refractivity contribution in [2.75, 3.05) is 0 Å². The minimum atomic E-state index is -4.29. The molecule has 0 aliphatic heterocycles. The molecule has 1 aliphatic carbocycles. The summed E-state index contributed by atoms with van der Waals surface area (Å²) in [6, 6.07) is 0. The molecular weight excluding hydrogens is 263 g/mol. The maximum absolute atomic E-state index is 12.8. The number of allylic oxidation sites excluding steroid dienone is 10. The van der Waals surface area contributed by atoms with Gasteiger partial charge in [0.25, 0.3) is 0 Å². The molecule has 0 aromatic heterocycles. The molecular formula is C16H18F3N. The van der Waals surface area contributed by atoms with Crippen molar-refractivity contribution in [3.63, 3.8) is 0 Å². The van der Waals surface area contributed by atoms with E-state index in [1.807, 2.05) is 6.08 Å². The summed E-state index contributed by atoms with van der Waals surface area (Å²) in [5.41, 5.74) is 6.93. The summed E-state index contributed by atoms with van der Waals surface area (Å²) in [6.45, 7) is 5.31. The Kier molecular flexibility index (Phi) is 5.62. The first-order chi connectivity index (χ1) is 9.34. The largest absolute Gasteiger partial charge is 0.413 e. The summed E-state index contributed by atoms with van der Waals surface area (Å²) in [5.74, 6) is 0. The molecule has 0 amide bonds. The normalized spacial score (nSPS) is 17.4. The van der Waals surface area contributed by atoms with Crippen molar-refractivity contribution in [1.82, 2.24) is 0 Å². The average Bonchev–Trinajstić information content (AvgIpc) is 2.63. The van der Waals surface area contributed by atoms with Gasteiger partial charge in [0.15, 0.2) is 0 Å². The second-order valence-electron chi connectivity index (χ2n) is 4.45. The molecule has 0 saturated heterocycles. The third kappa shape index (κ3) is 4.96. The molecule has 1 nitrogen and oxygen atoms in total. The standard InChI is InChI=1S/C16H18F3N/c1-3-15(20)10-6-7-12(2)13-8-4-5-9-14(11-13)16(17,18)19/h3-5,7-8,10-11H,1,6,9,20H2,2H3/b12-7+,15-10-. The van der Waals surface area contributed by atoms with Gasteiger partial charge in [-0.25, -0.2) is 0 Å². The quantitative estimate of drug-likeness (QED) is 0.741. The van der Waals surface area contributed by atoms with Gasteiger partial charge in [-0.2, -0.15) is 13.2 Å². The van der Waals surface area contributed by atoms with Crippen LogP contribution in [-0.2, 0) is 0 Å². The van der Waals surface area contributed by atoms with Gasteiger partial charge in [0.05, 0.1) is 0 Å². The van der Waals surface area contributed by atoms with Crippen molar-refractivity contribution in [2.24, 2.45) is 5.73 Å². The van der Waals surface area contributed by atoms with E-state index in [1.165, 1.54) is 18.2 Å². The number of hydrogen-bond donors (Lipinski definition) is 1. The van der Waals surface area contributed by atoms with Gasteiger partial charge in [0.2, 0.25) is 0 Å². The van der Waals surface area contributed by atoms with Gasteiger partial charge >= 0.3 is 6.18 Å². The summed E-state index contributed by atoms with van der Waals surface area (Å²) in [4.78, 5) is 0. The predicted octanol–water partition coefficient (Wildman–Crippen LogP) is 4.73. The summed E-state index contributed by atoms with van der Waals surface area (Å²) < 4.78 is 38.3. The van der Waals surface area contributed by atoms with Crippen LogP contribution in [0.4, 0.5) is 13.2 Å². The van der Waals surface area contributed by atoms with Crippen LogP contribution >= 0.6 is 0 Å². The molecule has 1 aliphatic rings. The van der Waals surface area contributed by atoms with Crippen LogP contribution in [0.15, 0.2) is 71.5 Å². The third-order valence-electron chi connectivity index (χ3n) is 2.91. The molecule has 108 valence electrons. The zero-order chi connectivity index (χ0) is 15.2. The van der Waals surface area contributed by atoms with Crippen molar-refractivity contribution in [3.05, 3.63) is 71.5 Å². The molecule has 0 radical (unpaired) electrons. The van der Waals surface area contributed by atoms with Crippen LogP contribution in [0.25, 0.3) is 0 Å². The van der Waals surface area contributed by atoms with Gasteiger partial charge in [0, 0.05) is 11.3 Å². The molecule has 1 rings (SSSR count). The van der Waals surface area contributed by atoms with Gasteiger partial charge in [-0.05, 0) is 43.1 Å². The Morgan fingerprint density at radius 2 is 2.10 bits per heavy atom. The number of hydrogen-bond acceptors (Lipinski definition) is 1. The first-order valence-corrected chi connectivity index (χ1v) is 6.24. The van der Waals surface area contributed by atoms with E-state index in [0.717, 1.165) is 5.57 Å². The van der Waals surface area contributed by atoms with Crippen LogP contribution < -0.4 is 5.73 Å². The fraction of sp³-hybridized carbons (Fsp3) is 0.250. The second-order valence-corrected chi connectivity index (χ2v) is 4.45. The van der Waals surface area contributed by atoms with Crippen molar-refractivity contribution in [1.29, 1.82) is 0 Å². The van der Waals surface area contributed by atoms with E-state index >= 15 is 0 Å². The molecule has 4 heteroatoms. The van der Waals surface area contributed by atoms with Crippen molar-refractivity contribution < 1.29 is 13.2 Å². The van der Waals surface area contributed by atoms with Crippen molar-refractivity contribution in [2.45, 2.75) is 25.9 Å². The van der Waals surface area contributed by atoms with Crippen LogP contribution in [0.5, 0.6) is 0 Å². The fourth-order valence-electron chi connectivity index (χ4n) is 1.68.